The van der Waals surface area contributed by atoms with Crippen molar-refractivity contribution in [2.45, 2.75) is 37.8 Å². The Bertz CT molecular complexity index is 1150. The number of rotatable bonds is 3. The summed E-state index contributed by atoms with van der Waals surface area (Å²) in [4.78, 5) is 31.2. The minimum absolute atomic E-state index is 0.0122. The maximum atomic E-state index is 12.7. The van der Waals surface area contributed by atoms with Crippen molar-refractivity contribution in [2.24, 2.45) is 0 Å². The van der Waals surface area contributed by atoms with Crippen LogP contribution in [0.4, 0.5) is 17.5 Å². The average Bonchev–Trinajstić information content (AvgIpc) is 3.20. The molecular formula is C23H28N8O. The summed E-state index contributed by atoms with van der Waals surface area (Å²) in [5.74, 6) is 1.19. The molecule has 3 aliphatic rings. The van der Waals surface area contributed by atoms with Crippen molar-refractivity contribution in [1.29, 1.82) is 0 Å². The number of aromatic nitrogens is 4. The van der Waals surface area contributed by atoms with E-state index < -0.39 is 0 Å². The van der Waals surface area contributed by atoms with Gasteiger partial charge in [-0.05, 0) is 38.1 Å². The maximum Gasteiger partial charge on any atom is 0.268 e. The fourth-order valence-electron chi connectivity index (χ4n) is 5.24. The highest BCUT2D eigenvalue weighted by molar-refractivity contribution is 5.99. The van der Waals surface area contributed by atoms with Crippen molar-refractivity contribution in [3.8, 4) is 0 Å². The van der Waals surface area contributed by atoms with Gasteiger partial charge in [-0.2, -0.15) is 4.98 Å². The third kappa shape index (κ3) is 3.37. The van der Waals surface area contributed by atoms with Crippen LogP contribution in [-0.2, 0) is 0 Å². The number of fused-ring (bicyclic) bond motifs is 5. The van der Waals surface area contributed by atoms with Gasteiger partial charge in [0.05, 0.1) is 17.9 Å². The summed E-state index contributed by atoms with van der Waals surface area (Å²) >= 11 is 0. The Balaban J connectivity index is 1.26. The van der Waals surface area contributed by atoms with E-state index in [0.29, 0.717) is 17.5 Å². The van der Waals surface area contributed by atoms with Crippen molar-refractivity contribution in [1.82, 2.24) is 29.7 Å². The highest BCUT2D eigenvalue weighted by Gasteiger charge is 2.36. The molecule has 0 spiro atoms. The van der Waals surface area contributed by atoms with Crippen LogP contribution in [0.2, 0.25) is 0 Å². The van der Waals surface area contributed by atoms with Gasteiger partial charge in [0.15, 0.2) is 0 Å². The third-order valence-electron chi connectivity index (χ3n) is 7.04. The molecule has 5 heterocycles. The predicted octanol–water partition coefficient (Wildman–Crippen LogP) is 2.55. The van der Waals surface area contributed by atoms with Crippen LogP contribution in [0, 0.1) is 0 Å². The molecule has 0 aromatic carbocycles. The van der Waals surface area contributed by atoms with Gasteiger partial charge in [-0.25, -0.2) is 9.97 Å². The van der Waals surface area contributed by atoms with Crippen molar-refractivity contribution < 1.29 is 4.79 Å². The van der Waals surface area contributed by atoms with E-state index >= 15 is 0 Å². The van der Waals surface area contributed by atoms with Crippen LogP contribution in [0.25, 0.3) is 11.0 Å². The summed E-state index contributed by atoms with van der Waals surface area (Å²) in [6.07, 6.45) is 8.12. The normalized spacial score (nSPS) is 23.5. The van der Waals surface area contributed by atoms with Gasteiger partial charge in [-0.1, -0.05) is 12.8 Å². The minimum Gasteiger partial charge on any atom is -0.368 e. The predicted molar refractivity (Wildman–Crippen MR) is 124 cm³/mol. The molecule has 0 bridgehead atoms. The molecule has 1 amide bonds. The Hall–Kier alpha value is -3.20. The SMILES string of the molecule is CN1CCN(c2ccc(Nc3ncc4cc5n(c4n3)C3CCCC[C@@H]3NC5=O)nc2)CC1. The van der Waals surface area contributed by atoms with E-state index in [2.05, 4.69) is 48.1 Å². The van der Waals surface area contributed by atoms with Gasteiger partial charge in [0.2, 0.25) is 5.95 Å². The molecule has 2 fully saturated rings. The Morgan fingerprint density at radius 1 is 1.06 bits per heavy atom. The Morgan fingerprint density at radius 2 is 1.91 bits per heavy atom. The van der Waals surface area contributed by atoms with E-state index in [1.54, 1.807) is 6.20 Å². The smallest absolute Gasteiger partial charge is 0.268 e. The van der Waals surface area contributed by atoms with E-state index in [1.165, 1.54) is 6.42 Å². The first-order valence-corrected chi connectivity index (χ1v) is 11.5. The molecule has 3 aromatic rings. The number of carbonyl (C=O) groups excluding carboxylic acids is 1. The van der Waals surface area contributed by atoms with Crippen LogP contribution < -0.4 is 15.5 Å². The van der Waals surface area contributed by atoms with Gasteiger partial charge in [-0.3, -0.25) is 4.79 Å². The zero-order chi connectivity index (χ0) is 21.7. The quantitative estimate of drug-likeness (QED) is 0.657. The summed E-state index contributed by atoms with van der Waals surface area (Å²) < 4.78 is 2.13. The summed E-state index contributed by atoms with van der Waals surface area (Å²) in [6.45, 7) is 4.16. The molecule has 9 nitrogen and oxygen atoms in total. The second-order valence-electron chi connectivity index (χ2n) is 9.12. The number of hydrogen-bond donors (Lipinski definition) is 2. The monoisotopic (exact) mass is 432 g/mol. The largest absolute Gasteiger partial charge is 0.368 e. The Kier molecular flexibility index (Phi) is 4.71. The standard InChI is InChI=1S/C23H28N8O/c1-29-8-10-30(11-9-29)16-6-7-20(24-14-16)27-23-25-13-15-12-19-22(32)26-17-4-2-3-5-18(17)31(19)21(15)28-23/h6-7,12-14,17-18H,2-5,8-11H2,1H3,(H,26,32)(H,24,25,27,28)/t17-,18?/m0/s1. The van der Waals surface area contributed by atoms with Crippen LogP contribution >= 0.6 is 0 Å². The van der Waals surface area contributed by atoms with Crippen LogP contribution in [0.3, 0.4) is 0 Å². The molecule has 3 aromatic heterocycles. The number of nitrogens with one attached hydrogen (secondary N) is 2. The number of amides is 1. The van der Waals surface area contributed by atoms with Crippen molar-refractivity contribution in [2.75, 3.05) is 43.4 Å². The number of pyridine rings is 1. The highest BCUT2D eigenvalue weighted by Crippen LogP contribution is 2.36. The number of anilines is 3. The summed E-state index contributed by atoms with van der Waals surface area (Å²) in [5.41, 5.74) is 2.64. The second kappa shape index (κ2) is 7.74. The number of nitrogens with zero attached hydrogens (tertiary/aromatic N) is 6. The lowest BCUT2D eigenvalue weighted by Crippen LogP contribution is -2.48. The molecule has 9 heteroatoms. The molecule has 1 unspecified atom stereocenters. The molecule has 1 saturated heterocycles. The van der Waals surface area contributed by atoms with E-state index in [4.69, 9.17) is 4.98 Å². The average molecular weight is 433 g/mol. The first-order valence-electron chi connectivity index (χ1n) is 11.5. The summed E-state index contributed by atoms with van der Waals surface area (Å²) in [7, 11) is 2.16. The molecule has 1 aliphatic carbocycles. The lowest BCUT2D eigenvalue weighted by molar-refractivity contribution is 0.0855. The van der Waals surface area contributed by atoms with Gasteiger partial charge in [0.25, 0.3) is 5.91 Å². The number of carbonyl (C=O) groups is 1. The molecule has 0 radical (unpaired) electrons. The van der Waals surface area contributed by atoms with Gasteiger partial charge in [-0.15, -0.1) is 0 Å². The summed E-state index contributed by atoms with van der Waals surface area (Å²) in [5, 5.41) is 7.32. The van der Waals surface area contributed by atoms with Gasteiger partial charge >= 0.3 is 0 Å². The maximum absolute atomic E-state index is 12.7. The van der Waals surface area contributed by atoms with Gasteiger partial charge in [0, 0.05) is 43.8 Å². The minimum atomic E-state index is -0.0122. The molecule has 2 aliphatic heterocycles. The zero-order valence-electron chi connectivity index (χ0n) is 18.3. The Morgan fingerprint density at radius 3 is 2.72 bits per heavy atom. The second-order valence-corrected chi connectivity index (χ2v) is 9.12. The fourth-order valence-corrected chi connectivity index (χ4v) is 5.24. The molecule has 6 rings (SSSR count). The lowest BCUT2D eigenvalue weighted by atomic mass is 9.88. The number of likely N-dealkylation sites (N-methyl/N-ethyl adjacent to an activating group) is 1. The first-order chi connectivity index (χ1) is 15.7. The molecular weight excluding hydrogens is 404 g/mol. The van der Waals surface area contributed by atoms with Crippen molar-refractivity contribution >= 4 is 34.4 Å². The third-order valence-corrected chi connectivity index (χ3v) is 7.04. The van der Waals surface area contributed by atoms with Crippen LogP contribution in [0.5, 0.6) is 0 Å². The molecule has 2 N–H and O–H groups in total. The van der Waals surface area contributed by atoms with E-state index in [1.807, 2.05) is 18.3 Å². The fraction of sp³-hybridized carbons (Fsp3) is 0.478. The van der Waals surface area contributed by atoms with Crippen LogP contribution in [0.15, 0.2) is 30.6 Å². The van der Waals surface area contributed by atoms with Crippen molar-refractivity contribution in [3.63, 3.8) is 0 Å². The van der Waals surface area contributed by atoms with E-state index in [-0.39, 0.29) is 18.0 Å². The van der Waals surface area contributed by atoms with Crippen LogP contribution in [0.1, 0.15) is 42.2 Å². The van der Waals surface area contributed by atoms with Gasteiger partial charge < -0.3 is 25.0 Å². The van der Waals surface area contributed by atoms with Crippen molar-refractivity contribution in [3.05, 3.63) is 36.3 Å². The molecule has 166 valence electrons. The van der Waals surface area contributed by atoms with Gasteiger partial charge in [0.1, 0.15) is 17.2 Å². The Labute approximate surface area is 186 Å². The topological polar surface area (TPSA) is 91.2 Å². The summed E-state index contributed by atoms with van der Waals surface area (Å²) in [6, 6.07) is 6.42. The van der Waals surface area contributed by atoms with Crippen LogP contribution in [-0.4, -0.2) is 69.6 Å². The van der Waals surface area contributed by atoms with E-state index in [9.17, 15) is 4.79 Å². The van der Waals surface area contributed by atoms with E-state index in [0.717, 1.165) is 62.2 Å². The highest BCUT2D eigenvalue weighted by atomic mass is 16.2. The molecule has 1 saturated carbocycles. The molecule has 32 heavy (non-hydrogen) atoms. The zero-order valence-corrected chi connectivity index (χ0v) is 18.3. The first kappa shape index (κ1) is 19.5. The lowest BCUT2D eigenvalue weighted by Gasteiger charge is -2.38. The number of piperazine rings is 1. The number of hydrogen-bond acceptors (Lipinski definition) is 7. The molecule has 2 atom stereocenters.